The Morgan fingerprint density at radius 2 is 1.98 bits per heavy atom. The second-order valence-corrected chi connectivity index (χ2v) is 10.4. The molecule has 1 aliphatic heterocycles. The third-order valence-electron chi connectivity index (χ3n) is 7.25. The molecule has 1 fully saturated rings. The number of carbonyl (C=O) groups excluding carboxylic acids is 1. The second kappa shape index (κ2) is 11.3. The predicted molar refractivity (Wildman–Crippen MR) is 153 cm³/mol. The predicted octanol–water partition coefficient (Wildman–Crippen LogP) is 4.53. The van der Waals surface area contributed by atoms with Crippen LogP contribution in [0.25, 0.3) is 28.0 Å². The Kier molecular flexibility index (Phi) is 7.81. The van der Waals surface area contributed by atoms with E-state index in [0.29, 0.717) is 36.8 Å². The van der Waals surface area contributed by atoms with Crippen LogP contribution in [0.3, 0.4) is 0 Å². The summed E-state index contributed by atoms with van der Waals surface area (Å²) < 4.78 is 37.8. The van der Waals surface area contributed by atoms with Crippen molar-refractivity contribution in [2.75, 3.05) is 31.1 Å². The number of nitrogens with one attached hydrogen (secondary N) is 1. The minimum Gasteiger partial charge on any atom is -0.462 e. The number of hydrogen-bond donors (Lipinski definition) is 1. The number of carbonyl (C=O) groups is 1. The van der Waals surface area contributed by atoms with Crippen molar-refractivity contribution in [1.82, 2.24) is 24.8 Å². The Balaban J connectivity index is 1.91. The zero-order valence-electron chi connectivity index (χ0n) is 23.7. The van der Waals surface area contributed by atoms with E-state index in [1.165, 1.54) is 22.8 Å². The Morgan fingerprint density at radius 1 is 1.20 bits per heavy atom. The highest BCUT2D eigenvalue weighted by Crippen LogP contribution is 2.35. The van der Waals surface area contributed by atoms with Gasteiger partial charge in [-0.2, -0.15) is 4.98 Å². The smallest absolute Gasteiger partial charge is 0.355 e. The fourth-order valence-electron chi connectivity index (χ4n) is 5.29. The molecule has 9 nitrogen and oxygen atoms in total. The fourth-order valence-corrected chi connectivity index (χ4v) is 5.29. The van der Waals surface area contributed by atoms with Gasteiger partial charge in [-0.3, -0.25) is 4.98 Å². The lowest BCUT2D eigenvalue weighted by molar-refractivity contribution is 0.0526. The summed E-state index contributed by atoms with van der Waals surface area (Å²) in [5.41, 5.74) is 0.382. The summed E-state index contributed by atoms with van der Waals surface area (Å²) in [5.74, 6) is -2.30. The van der Waals surface area contributed by atoms with Gasteiger partial charge in [-0.05, 0) is 56.5 Å². The molecule has 3 aromatic heterocycles. The molecule has 0 saturated carbocycles. The van der Waals surface area contributed by atoms with E-state index < -0.39 is 29.0 Å². The van der Waals surface area contributed by atoms with Gasteiger partial charge in [0, 0.05) is 31.9 Å². The zero-order chi connectivity index (χ0) is 29.4. The molecule has 0 bridgehead atoms. The lowest BCUT2D eigenvalue weighted by Gasteiger charge is -2.35. The Hall–Kier alpha value is -4.25. The number of ether oxygens (including phenoxy) is 1. The maximum absolute atomic E-state index is 16.0. The molecule has 0 unspecified atom stereocenters. The van der Waals surface area contributed by atoms with Gasteiger partial charge >= 0.3 is 11.7 Å². The van der Waals surface area contributed by atoms with Crippen molar-refractivity contribution in [3.8, 4) is 16.9 Å². The van der Waals surface area contributed by atoms with Crippen molar-refractivity contribution in [1.29, 1.82) is 0 Å². The molecule has 41 heavy (non-hydrogen) atoms. The number of aromatic nitrogens is 4. The van der Waals surface area contributed by atoms with Crippen LogP contribution in [-0.2, 0) is 4.74 Å². The minimum atomic E-state index is -0.865. The van der Waals surface area contributed by atoms with Gasteiger partial charge in [0.25, 0.3) is 0 Å². The molecule has 1 saturated heterocycles. The van der Waals surface area contributed by atoms with Crippen LogP contribution in [0.15, 0.2) is 41.3 Å². The molecule has 4 aromatic rings. The SMILES string of the molecule is CCOC(=O)c1cccc(F)c1-c1nc2c(cc1F)c(N1CCNC[C@@H]1C)nc(=O)n2-c1c(C)ccnc1C(C)C. The Labute approximate surface area is 236 Å². The normalized spacial score (nSPS) is 15.5. The number of pyridine rings is 2. The molecule has 5 rings (SSSR count). The van der Waals surface area contributed by atoms with Crippen molar-refractivity contribution < 1.29 is 18.3 Å². The number of piperazine rings is 1. The topological polar surface area (TPSA) is 102 Å². The van der Waals surface area contributed by atoms with E-state index in [1.54, 1.807) is 19.2 Å². The minimum absolute atomic E-state index is 0.0363. The van der Waals surface area contributed by atoms with Crippen molar-refractivity contribution in [2.45, 2.75) is 46.6 Å². The number of nitrogens with zero attached hydrogens (tertiary/aromatic N) is 5. The average Bonchev–Trinajstić information content (AvgIpc) is 2.93. The van der Waals surface area contributed by atoms with Crippen LogP contribution in [0, 0.1) is 18.6 Å². The molecule has 0 amide bonds. The highest BCUT2D eigenvalue weighted by molar-refractivity contribution is 5.98. The summed E-state index contributed by atoms with van der Waals surface area (Å²) in [6.45, 7) is 11.2. The number of halogens is 2. The van der Waals surface area contributed by atoms with Gasteiger partial charge in [-0.15, -0.1) is 0 Å². The largest absolute Gasteiger partial charge is 0.462 e. The third-order valence-corrected chi connectivity index (χ3v) is 7.25. The molecule has 1 N–H and O–H groups in total. The summed E-state index contributed by atoms with van der Waals surface area (Å²) in [4.78, 5) is 42.2. The molecule has 214 valence electrons. The molecular formula is C30H32F2N6O3. The average molecular weight is 563 g/mol. The fraction of sp³-hybridized carbons (Fsp3) is 0.367. The molecule has 1 atom stereocenters. The molecule has 0 spiro atoms. The van der Waals surface area contributed by atoms with E-state index >= 15 is 8.78 Å². The molecule has 4 heterocycles. The van der Waals surface area contributed by atoms with Crippen LogP contribution in [0.4, 0.5) is 14.6 Å². The Morgan fingerprint density at radius 3 is 2.68 bits per heavy atom. The van der Waals surface area contributed by atoms with Crippen LogP contribution in [-0.4, -0.2) is 57.8 Å². The molecule has 0 aliphatic carbocycles. The summed E-state index contributed by atoms with van der Waals surface area (Å²) in [5, 5.41) is 3.58. The number of anilines is 1. The van der Waals surface area contributed by atoms with Gasteiger partial charge in [0.1, 0.15) is 17.3 Å². The van der Waals surface area contributed by atoms with Crippen molar-refractivity contribution in [3.63, 3.8) is 0 Å². The Bertz CT molecular complexity index is 1700. The van der Waals surface area contributed by atoms with E-state index in [2.05, 4.69) is 20.3 Å². The lowest BCUT2D eigenvalue weighted by atomic mass is 10.0. The van der Waals surface area contributed by atoms with Crippen LogP contribution < -0.4 is 15.9 Å². The van der Waals surface area contributed by atoms with E-state index in [4.69, 9.17) is 4.74 Å². The number of esters is 1. The summed E-state index contributed by atoms with van der Waals surface area (Å²) >= 11 is 0. The molecule has 1 aromatic carbocycles. The molecule has 0 radical (unpaired) electrons. The van der Waals surface area contributed by atoms with Crippen LogP contribution in [0.2, 0.25) is 0 Å². The van der Waals surface area contributed by atoms with E-state index in [0.717, 1.165) is 11.6 Å². The second-order valence-electron chi connectivity index (χ2n) is 10.4. The number of rotatable bonds is 6. The van der Waals surface area contributed by atoms with Gasteiger partial charge in [0.2, 0.25) is 0 Å². The highest BCUT2D eigenvalue weighted by atomic mass is 19.1. The quantitative estimate of drug-likeness (QED) is 0.342. The summed E-state index contributed by atoms with van der Waals surface area (Å²) in [6.07, 6.45) is 1.66. The van der Waals surface area contributed by atoms with Crippen LogP contribution in [0.1, 0.15) is 55.2 Å². The number of fused-ring (bicyclic) bond motifs is 1. The first-order valence-corrected chi connectivity index (χ1v) is 13.7. The van der Waals surface area contributed by atoms with E-state index in [-0.39, 0.29) is 40.7 Å². The summed E-state index contributed by atoms with van der Waals surface area (Å²) in [7, 11) is 0. The number of aryl methyl sites for hydroxylation is 1. The van der Waals surface area contributed by atoms with Crippen LogP contribution in [0.5, 0.6) is 0 Å². The first-order chi connectivity index (χ1) is 19.6. The maximum Gasteiger partial charge on any atom is 0.355 e. The molecular weight excluding hydrogens is 530 g/mol. The molecule has 11 heteroatoms. The number of benzene rings is 1. The van der Waals surface area contributed by atoms with E-state index in [1.807, 2.05) is 32.6 Å². The van der Waals surface area contributed by atoms with Crippen molar-refractivity contribution in [3.05, 3.63) is 75.5 Å². The monoisotopic (exact) mass is 562 g/mol. The first kappa shape index (κ1) is 28.3. The van der Waals surface area contributed by atoms with E-state index in [9.17, 15) is 9.59 Å². The van der Waals surface area contributed by atoms with Crippen molar-refractivity contribution >= 4 is 22.8 Å². The first-order valence-electron chi connectivity index (χ1n) is 13.7. The van der Waals surface area contributed by atoms with Gasteiger partial charge < -0.3 is 15.0 Å². The van der Waals surface area contributed by atoms with Crippen molar-refractivity contribution in [2.24, 2.45) is 0 Å². The number of hydrogen-bond acceptors (Lipinski definition) is 8. The third kappa shape index (κ3) is 5.06. The van der Waals surface area contributed by atoms with Gasteiger partial charge in [0.05, 0.1) is 34.5 Å². The standard InChI is InChI=1S/C30H32F2N6O3/c1-6-41-29(39)19-8-7-9-21(31)23(19)25-22(32)14-20-27(37-13-12-33-15-18(37)5)36-30(40)38(28(20)35-25)26-17(4)10-11-34-24(26)16(2)3/h7-11,14,16,18,33H,6,12-13,15H2,1-5H3/t18-/m0/s1. The van der Waals surface area contributed by atoms with Gasteiger partial charge in [-0.25, -0.2) is 27.9 Å². The zero-order valence-corrected chi connectivity index (χ0v) is 23.7. The maximum atomic E-state index is 16.0. The lowest BCUT2D eigenvalue weighted by Crippen LogP contribution is -2.50. The van der Waals surface area contributed by atoms with Gasteiger partial charge in [0.15, 0.2) is 11.5 Å². The summed E-state index contributed by atoms with van der Waals surface area (Å²) in [6, 6.07) is 6.78. The van der Waals surface area contributed by atoms with Crippen LogP contribution >= 0.6 is 0 Å². The van der Waals surface area contributed by atoms with Gasteiger partial charge in [-0.1, -0.05) is 19.9 Å². The highest BCUT2D eigenvalue weighted by Gasteiger charge is 2.29. The molecule has 1 aliphatic rings.